The molecule has 0 heterocycles. The van der Waals surface area contributed by atoms with Crippen LogP contribution in [0.25, 0.3) is 0 Å². The Kier molecular flexibility index (Phi) is 7.86. The highest BCUT2D eigenvalue weighted by Gasteiger charge is 2.15. The van der Waals surface area contributed by atoms with Crippen molar-refractivity contribution in [2.45, 2.75) is 44.9 Å². The van der Waals surface area contributed by atoms with Gasteiger partial charge in [-0.05, 0) is 30.5 Å². The van der Waals surface area contributed by atoms with Crippen molar-refractivity contribution in [2.24, 2.45) is 5.92 Å². The minimum atomic E-state index is -0.293. The van der Waals surface area contributed by atoms with Crippen molar-refractivity contribution in [3.8, 4) is 0 Å². The Morgan fingerprint density at radius 1 is 1.04 bits per heavy atom. The molecule has 0 unspecified atom stereocenters. The molecule has 1 aliphatic carbocycles. The van der Waals surface area contributed by atoms with Gasteiger partial charge in [0.1, 0.15) is 0 Å². The molecule has 0 atom stereocenters. The lowest BCUT2D eigenvalue weighted by Gasteiger charge is -2.21. The second kappa shape index (κ2) is 9.90. The second-order valence-electron chi connectivity index (χ2n) is 6.27. The van der Waals surface area contributed by atoms with Gasteiger partial charge in [-0.25, -0.2) is 0 Å². The van der Waals surface area contributed by atoms with Crippen LogP contribution in [0, 0.1) is 5.92 Å². The summed E-state index contributed by atoms with van der Waals surface area (Å²) in [5.41, 5.74) is 0.341. The molecule has 1 saturated carbocycles. The predicted molar refractivity (Wildman–Crippen MR) is 97.6 cm³/mol. The normalized spacial score (nSPS) is 15.1. The van der Waals surface area contributed by atoms with Crippen LogP contribution in [0.5, 0.6) is 0 Å². The first-order valence-electron chi connectivity index (χ1n) is 8.56. The summed E-state index contributed by atoms with van der Waals surface area (Å²) in [6, 6.07) is 4.75. The Hall–Kier alpha value is -1.26. The molecule has 0 aromatic heterocycles. The van der Waals surface area contributed by atoms with Crippen LogP contribution >= 0.6 is 23.2 Å². The van der Waals surface area contributed by atoms with E-state index in [1.807, 2.05) is 0 Å². The van der Waals surface area contributed by atoms with E-state index in [-0.39, 0.29) is 11.8 Å². The van der Waals surface area contributed by atoms with Gasteiger partial charge < -0.3 is 10.6 Å². The highest BCUT2D eigenvalue weighted by molar-refractivity contribution is 6.35. The number of carbonyl (C=O) groups is 2. The predicted octanol–water partition coefficient (Wildman–Crippen LogP) is 4.20. The molecule has 4 nitrogen and oxygen atoms in total. The van der Waals surface area contributed by atoms with Crippen LogP contribution in [0.1, 0.15) is 55.3 Å². The van der Waals surface area contributed by atoms with Crippen molar-refractivity contribution in [3.63, 3.8) is 0 Å². The molecule has 0 aliphatic heterocycles. The molecule has 0 saturated heterocycles. The van der Waals surface area contributed by atoms with Gasteiger partial charge in [-0.1, -0.05) is 55.3 Å². The largest absolute Gasteiger partial charge is 0.354 e. The first-order chi connectivity index (χ1) is 11.6. The highest BCUT2D eigenvalue weighted by atomic mass is 35.5. The summed E-state index contributed by atoms with van der Waals surface area (Å²) >= 11 is 11.8. The van der Waals surface area contributed by atoms with Gasteiger partial charge in [-0.2, -0.15) is 0 Å². The molecule has 1 fully saturated rings. The third kappa shape index (κ3) is 6.33. The third-order valence-electron chi connectivity index (χ3n) is 4.41. The van der Waals surface area contributed by atoms with E-state index in [1.54, 1.807) is 12.1 Å². The first kappa shape index (κ1) is 19.1. The fourth-order valence-corrected chi connectivity index (χ4v) is 3.42. The molecule has 6 heteroatoms. The quantitative estimate of drug-likeness (QED) is 0.706. The van der Waals surface area contributed by atoms with Crippen molar-refractivity contribution in [1.82, 2.24) is 10.6 Å². The number of hydrogen-bond acceptors (Lipinski definition) is 2. The van der Waals surface area contributed by atoms with Gasteiger partial charge in [0.2, 0.25) is 5.91 Å². The van der Waals surface area contributed by atoms with E-state index in [1.165, 1.54) is 38.2 Å². The molecule has 132 valence electrons. The van der Waals surface area contributed by atoms with Crippen molar-refractivity contribution in [1.29, 1.82) is 0 Å². The first-order valence-corrected chi connectivity index (χ1v) is 9.32. The molecule has 0 bridgehead atoms. The monoisotopic (exact) mass is 370 g/mol. The van der Waals surface area contributed by atoms with E-state index in [2.05, 4.69) is 10.6 Å². The number of carbonyl (C=O) groups excluding carboxylic acids is 2. The summed E-state index contributed by atoms with van der Waals surface area (Å²) in [5.74, 6) is 0.462. The summed E-state index contributed by atoms with van der Waals surface area (Å²) in [7, 11) is 0. The Bertz CT molecular complexity index is 572. The Morgan fingerprint density at radius 3 is 2.50 bits per heavy atom. The maximum absolute atomic E-state index is 12.0. The van der Waals surface area contributed by atoms with Gasteiger partial charge in [0.05, 0.1) is 10.6 Å². The number of halogens is 2. The summed E-state index contributed by atoms with van der Waals surface area (Å²) in [6.45, 7) is 0.768. The summed E-state index contributed by atoms with van der Waals surface area (Å²) < 4.78 is 0. The minimum Gasteiger partial charge on any atom is -0.354 e. The molecule has 2 N–H and O–H groups in total. The molecule has 2 amide bonds. The van der Waals surface area contributed by atoms with Gasteiger partial charge in [0, 0.05) is 24.5 Å². The van der Waals surface area contributed by atoms with Gasteiger partial charge in [-0.3, -0.25) is 9.59 Å². The fourth-order valence-electron chi connectivity index (χ4n) is 3.04. The fraction of sp³-hybridized carbons (Fsp3) is 0.556. The van der Waals surface area contributed by atoms with E-state index in [9.17, 15) is 9.59 Å². The number of rotatable bonds is 7. The molecule has 1 aliphatic rings. The average Bonchev–Trinajstić information content (AvgIpc) is 2.59. The van der Waals surface area contributed by atoms with Gasteiger partial charge in [0.15, 0.2) is 0 Å². The maximum Gasteiger partial charge on any atom is 0.252 e. The van der Waals surface area contributed by atoms with E-state index >= 15 is 0 Å². The van der Waals surface area contributed by atoms with Crippen LogP contribution in [0.2, 0.25) is 10.0 Å². The highest BCUT2D eigenvalue weighted by Crippen LogP contribution is 2.27. The van der Waals surface area contributed by atoms with Crippen LogP contribution in [-0.2, 0) is 4.79 Å². The average molecular weight is 371 g/mol. The van der Waals surface area contributed by atoms with Crippen LogP contribution in [-0.4, -0.2) is 24.9 Å². The van der Waals surface area contributed by atoms with Crippen molar-refractivity contribution in [2.75, 3.05) is 13.1 Å². The number of amides is 2. The molecule has 1 aromatic rings. The van der Waals surface area contributed by atoms with Gasteiger partial charge >= 0.3 is 0 Å². The zero-order chi connectivity index (χ0) is 17.4. The van der Waals surface area contributed by atoms with Crippen LogP contribution < -0.4 is 10.6 Å². The SMILES string of the molecule is O=C(CCC1CCCCC1)NCCNC(=O)c1cc(Cl)ccc1Cl. The van der Waals surface area contributed by atoms with E-state index in [4.69, 9.17) is 23.2 Å². The summed E-state index contributed by atoms with van der Waals surface area (Å²) in [5, 5.41) is 6.39. The van der Waals surface area contributed by atoms with E-state index in [0.29, 0.717) is 41.0 Å². The summed E-state index contributed by atoms with van der Waals surface area (Å²) in [4.78, 5) is 23.9. The zero-order valence-corrected chi connectivity index (χ0v) is 15.3. The summed E-state index contributed by atoms with van der Waals surface area (Å²) in [6.07, 6.45) is 7.97. The van der Waals surface area contributed by atoms with Crippen molar-refractivity contribution in [3.05, 3.63) is 33.8 Å². The maximum atomic E-state index is 12.0. The Morgan fingerprint density at radius 2 is 1.75 bits per heavy atom. The lowest BCUT2D eigenvalue weighted by atomic mass is 9.86. The molecule has 0 spiro atoms. The topological polar surface area (TPSA) is 58.2 Å². The lowest BCUT2D eigenvalue weighted by Crippen LogP contribution is -2.34. The van der Waals surface area contributed by atoms with E-state index < -0.39 is 0 Å². The smallest absolute Gasteiger partial charge is 0.252 e. The molecule has 0 radical (unpaired) electrons. The molecular weight excluding hydrogens is 347 g/mol. The minimum absolute atomic E-state index is 0.0515. The zero-order valence-electron chi connectivity index (χ0n) is 13.7. The van der Waals surface area contributed by atoms with Crippen molar-refractivity contribution >= 4 is 35.0 Å². The Balaban J connectivity index is 1.62. The molecule has 2 rings (SSSR count). The number of nitrogens with one attached hydrogen (secondary N) is 2. The van der Waals surface area contributed by atoms with Crippen molar-refractivity contribution < 1.29 is 9.59 Å². The lowest BCUT2D eigenvalue weighted by molar-refractivity contribution is -0.121. The standard InChI is InChI=1S/C18H24Cl2N2O2/c19-14-7-8-16(20)15(12-14)18(24)22-11-10-21-17(23)9-6-13-4-2-1-3-5-13/h7-8,12-13H,1-6,9-11H2,(H,21,23)(H,22,24). The Labute approximate surface area is 153 Å². The van der Waals surface area contributed by atoms with Gasteiger partial charge in [-0.15, -0.1) is 0 Å². The third-order valence-corrected chi connectivity index (χ3v) is 4.97. The van der Waals surface area contributed by atoms with E-state index in [0.717, 1.165) is 6.42 Å². The second-order valence-corrected chi connectivity index (χ2v) is 7.12. The molecule has 1 aromatic carbocycles. The molecule has 24 heavy (non-hydrogen) atoms. The van der Waals surface area contributed by atoms with Gasteiger partial charge in [0.25, 0.3) is 5.91 Å². The van der Waals surface area contributed by atoms with Crippen LogP contribution in [0.4, 0.5) is 0 Å². The molecular formula is C18H24Cl2N2O2. The number of hydrogen-bond donors (Lipinski definition) is 2. The number of benzene rings is 1. The van der Waals surface area contributed by atoms with Crippen LogP contribution in [0.15, 0.2) is 18.2 Å². The van der Waals surface area contributed by atoms with Crippen LogP contribution in [0.3, 0.4) is 0 Å².